The first-order valence-corrected chi connectivity index (χ1v) is 3.69. The van der Waals surface area contributed by atoms with Gasteiger partial charge in [-0.3, -0.25) is 9.59 Å². The van der Waals surface area contributed by atoms with Gasteiger partial charge in [-0.25, -0.2) is 0 Å². The molecular weight excluding hydrogens is 146 g/mol. The van der Waals surface area contributed by atoms with Crippen molar-refractivity contribution in [2.24, 2.45) is 0 Å². The maximum Gasteiger partial charge on any atom is 0.230 e. The van der Waals surface area contributed by atoms with Gasteiger partial charge in [-0.05, 0) is 0 Å². The molecule has 0 bridgehead atoms. The molecule has 2 rings (SSSR count). The van der Waals surface area contributed by atoms with Crippen molar-refractivity contribution in [3.05, 3.63) is 0 Å². The van der Waals surface area contributed by atoms with Crippen LogP contribution in [0.5, 0.6) is 0 Å². The zero-order valence-corrected chi connectivity index (χ0v) is 6.08. The lowest BCUT2D eigenvalue weighted by Gasteiger charge is -2.27. The lowest BCUT2D eigenvalue weighted by atomic mass is 10.2. The molecule has 4 nitrogen and oxygen atoms in total. The minimum absolute atomic E-state index is 0.00898. The maximum absolute atomic E-state index is 11.1. The van der Waals surface area contributed by atoms with E-state index in [2.05, 4.69) is 0 Å². The molecule has 0 N–H and O–H groups in total. The fourth-order valence-corrected chi connectivity index (χ4v) is 1.54. The minimum Gasteiger partial charge on any atom is -0.377 e. The molecule has 1 atom stereocenters. The summed E-state index contributed by atoms with van der Waals surface area (Å²) in [5.74, 6) is -0.0296. The van der Waals surface area contributed by atoms with Crippen molar-refractivity contribution >= 4 is 11.7 Å². The molecule has 0 spiro atoms. The molecule has 1 unspecified atom stereocenters. The van der Waals surface area contributed by atoms with E-state index in [-0.39, 0.29) is 24.2 Å². The summed E-state index contributed by atoms with van der Waals surface area (Å²) < 4.78 is 5.09. The van der Waals surface area contributed by atoms with Gasteiger partial charge in [0.15, 0.2) is 5.78 Å². The van der Waals surface area contributed by atoms with Crippen LogP contribution in [0.2, 0.25) is 0 Å². The van der Waals surface area contributed by atoms with Crippen molar-refractivity contribution in [2.45, 2.75) is 12.5 Å². The lowest BCUT2D eigenvalue weighted by molar-refractivity contribution is -0.134. The number of hydrogen-bond acceptors (Lipinski definition) is 3. The van der Waals surface area contributed by atoms with E-state index in [4.69, 9.17) is 4.74 Å². The molecule has 60 valence electrons. The number of morpholine rings is 1. The summed E-state index contributed by atoms with van der Waals surface area (Å²) in [5.41, 5.74) is 0. The summed E-state index contributed by atoms with van der Waals surface area (Å²) in [4.78, 5) is 23.8. The van der Waals surface area contributed by atoms with E-state index < -0.39 is 0 Å². The minimum atomic E-state index is -0.267. The summed E-state index contributed by atoms with van der Waals surface area (Å²) in [5, 5.41) is 0. The van der Waals surface area contributed by atoms with Crippen LogP contribution in [0, 0.1) is 0 Å². The van der Waals surface area contributed by atoms with Gasteiger partial charge >= 0.3 is 0 Å². The van der Waals surface area contributed by atoms with E-state index >= 15 is 0 Å². The van der Waals surface area contributed by atoms with Crippen molar-refractivity contribution < 1.29 is 14.3 Å². The highest BCUT2D eigenvalue weighted by atomic mass is 16.5. The number of ketones is 1. The molecule has 0 saturated carbocycles. The van der Waals surface area contributed by atoms with Crippen LogP contribution in [0.3, 0.4) is 0 Å². The monoisotopic (exact) mass is 155 g/mol. The van der Waals surface area contributed by atoms with E-state index in [1.807, 2.05) is 0 Å². The summed E-state index contributed by atoms with van der Waals surface area (Å²) in [6.07, 6.45) is 0.0774. The number of amides is 1. The average molecular weight is 155 g/mol. The van der Waals surface area contributed by atoms with Crippen LogP contribution in [0.25, 0.3) is 0 Å². The zero-order valence-electron chi connectivity index (χ0n) is 6.08. The van der Waals surface area contributed by atoms with E-state index in [9.17, 15) is 9.59 Å². The first kappa shape index (κ1) is 6.79. The third-order valence-corrected chi connectivity index (χ3v) is 2.15. The highest BCUT2D eigenvalue weighted by Gasteiger charge is 2.39. The number of hydrogen-bond donors (Lipinski definition) is 0. The molecule has 0 aromatic heterocycles. The first-order valence-electron chi connectivity index (χ1n) is 3.69. The topological polar surface area (TPSA) is 46.6 Å². The smallest absolute Gasteiger partial charge is 0.230 e. The Morgan fingerprint density at radius 3 is 3.00 bits per heavy atom. The number of carbonyl (C=O) groups is 2. The van der Waals surface area contributed by atoms with Crippen molar-refractivity contribution in [3.63, 3.8) is 0 Å². The Hall–Kier alpha value is -0.900. The van der Waals surface area contributed by atoms with Crippen molar-refractivity contribution in [1.29, 1.82) is 0 Å². The molecule has 0 radical (unpaired) electrons. The van der Waals surface area contributed by atoms with E-state index in [1.165, 1.54) is 0 Å². The first-order chi connectivity index (χ1) is 5.29. The molecule has 0 aromatic rings. The van der Waals surface area contributed by atoms with Gasteiger partial charge < -0.3 is 9.64 Å². The van der Waals surface area contributed by atoms with Gasteiger partial charge in [0.2, 0.25) is 5.91 Å². The van der Waals surface area contributed by atoms with Crippen LogP contribution in [-0.2, 0) is 14.3 Å². The summed E-state index contributed by atoms with van der Waals surface area (Å²) >= 11 is 0. The normalized spacial score (nSPS) is 30.9. The Labute approximate surface area is 64.1 Å². The number of Topliss-reactive ketones (excluding diaryl/α,β-unsaturated/α-hetero) is 1. The molecule has 0 aliphatic carbocycles. The van der Waals surface area contributed by atoms with Gasteiger partial charge in [0.05, 0.1) is 19.6 Å². The van der Waals surface area contributed by atoms with Crippen LogP contribution >= 0.6 is 0 Å². The molecule has 2 fully saturated rings. The second-order valence-electron chi connectivity index (χ2n) is 2.82. The van der Waals surface area contributed by atoms with E-state index in [0.717, 1.165) is 0 Å². The second-order valence-corrected chi connectivity index (χ2v) is 2.82. The van der Waals surface area contributed by atoms with Gasteiger partial charge in [0.1, 0.15) is 6.04 Å². The fourth-order valence-electron chi connectivity index (χ4n) is 1.54. The Morgan fingerprint density at radius 1 is 1.45 bits per heavy atom. The highest BCUT2D eigenvalue weighted by molar-refractivity contribution is 6.07. The van der Waals surface area contributed by atoms with Gasteiger partial charge in [-0.1, -0.05) is 0 Å². The molecule has 4 heteroatoms. The number of carbonyl (C=O) groups excluding carboxylic acids is 2. The van der Waals surface area contributed by atoms with Gasteiger partial charge in [0.25, 0.3) is 0 Å². The van der Waals surface area contributed by atoms with Crippen molar-refractivity contribution in [3.8, 4) is 0 Å². The standard InChI is InChI=1S/C7H9NO3/c9-6-3-7(10)8-1-2-11-4-5(6)8/h5H,1-4H2. The van der Waals surface area contributed by atoms with Crippen LogP contribution in [0.4, 0.5) is 0 Å². The Morgan fingerprint density at radius 2 is 2.27 bits per heavy atom. The third kappa shape index (κ3) is 0.939. The molecular formula is C7H9NO3. The average Bonchev–Trinajstić information content (AvgIpc) is 2.30. The third-order valence-electron chi connectivity index (χ3n) is 2.15. The molecule has 0 aromatic carbocycles. The predicted molar refractivity (Wildman–Crippen MR) is 35.9 cm³/mol. The number of nitrogens with zero attached hydrogens (tertiary/aromatic N) is 1. The summed E-state index contributed by atoms with van der Waals surface area (Å²) in [6, 6.07) is -0.267. The largest absolute Gasteiger partial charge is 0.377 e. The molecule has 2 aliphatic heterocycles. The van der Waals surface area contributed by atoms with Crippen molar-refractivity contribution in [2.75, 3.05) is 19.8 Å². The van der Waals surface area contributed by atoms with Crippen molar-refractivity contribution in [1.82, 2.24) is 4.90 Å². The molecule has 2 heterocycles. The Bertz CT molecular complexity index is 192. The maximum atomic E-state index is 11.1. The lowest BCUT2D eigenvalue weighted by Crippen LogP contribution is -2.45. The summed E-state index contributed by atoms with van der Waals surface area (Å²) in [7, 11) is 0. The second kappa shape index (κ2) is 2.30. The van der Waals surface area contributed by atoms with Crippen LogP contribution in [-0.4, -0.2) is 42.4 Å². The highest BCUT2D eigenvalue weighted by Crippen LogP contribution is 2.17. The molecule has 2 aliphatic rings. The molecule has 11 heavy (non-hydrogen) atoms. The Kier molecular flexibility index (Phi) is 1.42. The summed E-state index contributed by atoms with van der Waals surface area (Å²) in [6.45, 7) is 1.54. The van der Waals surface area contributed by atoms with Crippen LogP contribution in [0.1, 0.15) is 6.42 Å². The van der Waals surface area contributed by atoms with E-state index in [0.29, 0.717) is 19.8 Å². The molecule has 1 amide bonds. The predicted octanol–water partition coefficient (Wildman–Crippen LogP) is -0.813. The number of fused-ring (bicyclic) bond motifs is 1. The SMILES string of the molecule is O=C1CC(=O)N2CCOCC12. The van der Waals surface area contributed by atoms with E-state index in [1.54, 1.807) is 4.90 Å². The Balaban J connectivity index is 2.19. The van der Waals surface area contributed by atoms with Gasteiger partial charge in [-0.2, -0.15) is 0 Å². The number of rotatable bonds is 0. The van der Waals surface area contributed by atoms with Gasteiger partial charge in [0, 0.05) is 6.54 Å². The molecule has 2 saturated heterocycles. The van der Waals surface area contributed by atoms with Crippen LogP contribution in [0.15, 0.2) is 0 Å². The van der Waals surface area contributed by atoms with Gasteiger partial charge in [-0.15, -0.1) is 0 Å². The zero-order chi connectivity index (χ0) is 7.84. The quantitative estimate of drug-likeness (QED) is 0.430. The van der Waals surface area contributed by atoms with Crippen LogP contribution < -0.4 is 0 Å². The number of ether oxygens (including phenoxy) is 1. The fraction of sp³-hybridized carbons (Fsp3) is 0.714.